The number of ether oxygens (including phenoxy) is 1. The van der Waals surface area contributed by atoms with Crippen LogP contribution in [0.1, 0.15) is 32.6 Å². The van der Waals surface area contributed by atoms with Crippen molar-refractivity contribution in [1.82, 2.24) is 4.90 Å². The van der Waals surface area contributed by atoms with Crippen LogP contribution in [0.5, 0.6) is 0 Å². The molecule has 4 nitrogen and oxygen atoms in total. The summed E-state index contributed by atoms with van der Waals surface area (Å²) in [7, 11) is 0. The molecule has 0 saturated carbocycles. The van der Waals surface area contributed by atoms with Crippen LogP contribution in [0.3, 0.4) is 0 Å². The van der Waals surface area contributed by atoms with Gasteiger partial charge in [0.05, 0.1) is 6.10 Å². The van der Waals surface area contributed by atoms with E-state index in [9.17, 15) is 4.79 Å². The molecule has 1 N–H and O–H groups in total. The third-order valence-corrected chi connectivity index (χ3v) is 3.87. The average Bonchev–Trinajstić information content (AvgIpc) is 2.70. The van der Waals surface area contributed by atoms with Crippen LogP contribution in [-0.2, 0) is 9.53 Å². The predicted octanol–water partition coefficient (Wildman–Crippen LogP) is 1.10. The van der Waals surface area contributed by atoms with Gasteiger partial charge in [-0.2, -0.15) is 0 Å². The standard InChI is InChI=1S/C11H19NO3/c1-2-11-4-3-5-12(11)7-9(6-11)15-8-10(13)14/h9H,2-8H2,1H3,(H,13,14). The highest BCUT2D eigenvalue weighted by molar-refractivity contribution is 5.68. The third kappa shape index (κ3) is 2.01. The molecule has 0 aliphatic carbocycles. The Morgan fingerprint density at radius 3 is 3.07 bits per heavy atom. The second-order valence-electron chi connectivity index (χ2n) is 4.66. The number of hydrogen-bond acceptors (Lipinski definition) is 3. The number of aliphatic carboxylic acids is 1. The van der Waals surface area contributed by atoms with Crippen molar-refractivity contribution in [3.8, 4) is 0 Å². The number of nitrogens with zero attached hydrogens (tertiary/aromatic N) is 1. The van der Waals surface area contributed by atoms with E-state index in [1.165, 1.54) is 12.8 Å². The van der Waals surface area contributed by atoms with Gasteiger partial charge in [-0.15, -0.1) is 0 Å². The Morgan fingerprint density at radius 1 is 1.67 bits per heavy atom. The van der Waals surface area contributed by atoms with Gasteiger partial charge in [-0.1, -0.05) is 6.92 Å². The van der Waals surface area contributed by atoms with Gasteiger partial charge < -0.3 is 9.84 Å². The molecule has 2 aliphatic heterocycles. The summed E-state index contributed by atoms with van der Waals surface area (Å²) in [4.78, 5) is 12.9. The SMILES string of the molecule is CCC12CCCN1CC(OCC(=O)O)C2. The summed E-state index contributed by atoms with van der Waals surface area (Å²) < 4.78 is 5.39. The molecule has 2 atom stereocenters. The number of carboxylic acid groups (broad SMARTS) is 1. The highest BCUT2D eigenvalue weighted by Gasteiger charge is 2.47. The van der Waals surface area contributed by atoms with Gasteiger partial charge in [-0.3, -0.25) is 4.90 Å². The molecule has 0 aromatic heterocycles. The topological polar surface area (TPSA) is 49.8 Å². The third-order valence-electron chi connectivity index (χ3n) is 3.87. The summed E-state index contributed by atoms with van der Waals surface area (Å²) in [5, 5.41) is 8.56. The van der Waals surface area contributed by atoms with Crippen molar-refractivity contribution in [3.05, 3.63) is 0 Å². The maximum atomic E-state index is 10.4. The summed E-state index contributed by atoms with van der Waals surface area (Å²) in [5.41, 5.74) is 0.323. The van der Waals surface area contributed by atoms with Crippen LogP contribution in [0.2, 0.25) is 0 Å². The highest BCUT2D eigenvalue weighted by atomic mass is 16.5. The van der Waals surface area contributed by atoms with E-state index < -0.39 is 5.97 Å². The van der Waals surface area contributed by atoms with Gasteiger partial charge in [0.2, 0.25) is 0 Å². The Labute approximate surface area is 90.2 Å². The van der Waals surface area contributed by atoms with Crippen molar-refractivity contribution in [2.75, 3.05) is 19.7 Å². The second-order valence-corrected chi connectivity index (χ2v) is 4.66. The average molecular weight is 213 g/mol. The summed E-state index contributed by atoms with van der Waals surface area (Å²) >= 11 is 0. The van der Waals surface area contributed by atoms with Crippen molar-refractivity contribution in [3.63, 3.8) is 0 Å². The zero-order valence-electron chi connectivity index (χ0n) is 9.24. The first-order valence-electron chi connectivity index (χ1n) is 5.75. The molecule has 0 spiro atoms. The summed E-state index contributed by atoms with van der Waals surface area (Å²) in [6, 6.07) is 0. The number of fused-ring (bicyclic) bond motifs is 1. The first-order valence-corrected chi connectivity index (χ1v) is 5.75. The fourth-order valence-electron chi connectivity index (χ4n) is 3.09. The lowest BCUT2D eigenvalue weighted by atomic mass is 9.90. The van der Waals surface area contributed by atoms with Gasteiger partial charge in [0.1, 0.15) is 6.61 Å². The second kappa shape index (κ2) is 4.10. The van der Waals surface area contributed by atoms with Crippen molar-refractivity contribution >= 4 is 5.97 Å². The molecule has 2 rings (SSSR count). The summed E-state index contributed by atoms with van der Waals surface area (Å²) in [6.45, 7) is 4.14. The minimum absolute atomic E-state index is 0.126. The van der Waals surface area contributed by atoms with Gasteiger partial charge in [0.25, 0.3) is 0 Å². The Hall–Kier alpha value is -0.610. The van der Waals surface area contributed by atoms with Crippen LogP contribution in [0.15, 0.2) is 0 Å². The molecular formula is C11H19NO3. The van der Waals surface area contributed by atoms with Crippen molar-refractivity contribution in [1.29, 1.82) is 0 Å². The number of carboxylic acids is 1. The smallest absolute Gasteiger partial charge is 0.329 e. The van der Waals surface area contributed by atoms with Crippen LogP contribution in [0.4, 0.5) is 0 Å². The minimum atomic E-state index is -0.868. The Bertz CT molecular complexity index is 256. The van der Waals surface area contributed by atoms with E-state index in [0.29, 0.717) is 5.54 Å². The molecule has 0 aromatic carbocycles. The van der Waals surface area contributed by atoms with Crippen LogP contribution >= 0.6 is 0 Å². The molecule has 2 aliphatic rings. The Balaban J connectivity index is 1.90. The fourth-order valence-corrected chi connectivity index (χ4v) is 3.09. The maximum absolute atomic E-state index is 10.4. The van der Waals surface area contributed by atoms with Crippen molar-refractivity contribution in [2.24, 2.45) is 0 Å². The molecule has 0 radical (unpaired) electrons. The van der Waals surface area contributed by atoms with Crippen molar-refractivity contribution in [2.45, 2.75) is 44.2 Å². The van der Waals surface area contributed by atoms with Crippen molar-refractivity contribution < 1.29 is 14.6 Å². The lowest BCUT2D eigenvalue weighted by Crippen LogP contribution is -2.37. The van der Waals surface area contributed by atoms with Gasteiger partial charge >= 0.3 is 5.97 Å². The van der Waals surface area contributed by atoms with E-state index in [2.05, 4.69) is 11.8 Å². The zero-order valence-corrected chi connectivity index (χ0v) is 9.24. The maximum Gasteiger partial charge on any atom is 0.329 e. The van der Waals surface area contributed by atoms with Crippen LogP contribution in [0.25, 0.3) is 0 Å². The monoisotopic (exact) mass is 213 g/mol. The van der Waals surface area contributed by atoms with Gasteiger partial charge in [0.15, 0.2) is 0 Å². The Kier molecular flexibility index (Phi) is 2.98. The van der Waals surface area contributed by atoms with Crippen LogP contribution in [-0.4, -0.2) is 47.3 Å². The molecule has 0 amide bonds. The molecule has 0 bridgehead atoms. The zero-order chi connectivity index (χ0) is 10.9. The molecular weight excluding hydrogens is 194 g/mol. The quantitative estimate of drug-likeness (QED) is 0.760. The molecule has 2 unspecified atom stereocenters. The normalized spacial score (nSPS) is 35.7. The summed E-state index contributed by atoms with van der Waals surface area (Å²) in [6.07, 6.45) is 4.81. The Morgan fingerprint density at radius 2 is 2.47 bits per heavy atom. The lowest BCUT2D eigenvalue weighted by Gasteiger charge is -2.30. The molecule has 86 valence electrons. The van der Waals surface area contributed by atoms with Gasteiger partial charge in [0, 0.05) is 12.1 Å². The molecule has 15 heavy (non-hydrogen) atoms. The number of carbonyl (C=O) groups is 1. The van der Waals surface area contributed by atoms with Crippen LogP contribution < -0.4 is 0 Å². The first kappa shape index (κ1) is 10.9. The highest BCUT2D eigenvalue weighted by Crippen LogP contribution is 2.41. The molecule has 2 fully saturated rings. The van der Waals surface area contributed by atoms with Gasteiger partial charge in [-0.25, -0.2) is 4.79 Å². The lowest BCUT2D eigenvalue weighted by molar-refractivity contribution is -0.144. The molecule has 2 heterocycles. The fraction of sp³-hybridized carbons (Fsp3) is 0.909. The largest absolute Gasteiger partial charge is 0.480 e. The summed E-state index contributed by atoms with van der Waals surface area (Å²) in [5.74, 6) is -0.868. The molecule has 2 saturated heterocycles. The van der Waals surface area contributed by atoms with E-state index in [0.717, 1.165) is 25.9 Å². The molecule has 0 aromatic rings. The van der Waals surface area contributed by atoms with Crippen LogP contribution in [0, 0.1) is 0 Å². The molecule has 4 heteroatoms. The van der Waals surface area contributed by atoms with E-state index >= 15 is 0 Å². The van der Waals surface area contributed by atoms with Gasteiger partial charge in [-0.05, 0) is 32.2 Å². The van der Waals surface area contributed by atoms with E-state index in [1.54, 1.807) is 0 Å². The number of hydrogen-bond donors (Lipinski definition) is 1. The van der Waals surface area contributed by atoms with E-state index in [-0.39, 0.29) is 12.7 Å². The van der Waals surface area contributed by atoms with E-state index in [4.69, 9.17) is 9.84 Å². The number of rotatable bonds is 4. The van der Waals surface area contributed by atoms with E-state index in [1.807, 2.05) is 0 Å². The minimum Gasteiger partial charge on any atom is -0.480 e. The predicted molar refractivity (Wildman–Crippen MR) is 55.8 cm³/mol. The first-order chi connectivity index (χ1) is 7.16.